The summed E-state index contributed by atoms with van der Waals surface area (Å²) in [4.78, 5) is 17.7. The molecule has 1 aromatic heterocycles. The van der Waals surface area contributed by atoms with E-state index in [1.54, 1.807) is 35.7 Å². The summed E-state index contributed by atoms with van der Waals surface area (Å²) in [5, 5.41) is 3.80. The minimum absolute atomic E-state index is 0.145. The van der Waals surface area contributed by atoms with Gasteiger partial charge in [-0.1, -0.05) is 0 Å². The van der Waals surface area contributed by atoms with E-state index in [0.29, 0.717) is 23.6 Å². The number of amides is 1. The van der Waals surface area contributed by atoms with E-state index in [1.165, 1.54) is 0 Å². The molecule has 21 heavy (non-hydrogen) atoms. The van der Waals surface area contributed by atoms with E-state index in [4.69, 9.17) is 10.5 Å². The van der Waals surface area contributed by atoms with E-state index in [1.807, 2.05) is 20.8 Å². The van der Waals surface area contributed by atoms with Crippen molar-refractivity contribution in [2.75, 3.05) is 12.3 Å². The highest BCUT2D eigenvalue weighted by Gasteiger charge is 2.15. The number of thiazole rings is 1. The molecule has 2 aromatic rings. The predicted octanol–water partition coefficient (Wildman–Crippen LogP) is 2.92. The highest BCUT2D eigenvalue weighted by Crippen LogP contribution is 2.22. The minimum Gasteiger partial charge on any atom is -0.494 e. The number of nitrogens with one attached hydrogen (secondary N) is 1. The summed E-state index contributed by atoms with van der Waals surface area (Å²) in [5.74, 6) is 0.406. The van der Waals surface area contributed by atoms with Gasteiger partial charge in [-0.25, -0.2) is 4.98 Å². The van der Waals surface area contributed by atoms with Gasteiger partial charge in [0.2, 0.25) is 0 Å². The van der Waals surface area contributed by atoms with Crippen LogP contribution >= 0.6 is 11.3 Å². The number of nitrogen functional groups attached to an aromatic ring is 1. The van der Waals surface area contributed by atoms with Gasteiger partial charge in [0, 0.05) is 28.4 Å². The van der Waals surface area contributed by atoms with Crippen LogP contribution in [-0.4, -0.2) is 17.5 Å². The Balaban J connectivity index is 2.12. The summed E-state index contributed by atoms with van der Waals surface area (Å²) in [6, 6.07) is 4.88. The average molecular weight is 305 g/mol. The molecule has 0 saturated heterocycles. The molecule has 2 rings (SSSR count). The summed E-state index contributed by atoms with van der Waals surface area (Å²) in [6.45, 7) is 6.31. The fraction of sp³-hybridized carbons (Fsp3) is 0.333. The fourth-order valence-electron chi connectivity index (χ4n) is 1.92. The van der Waals surface area contributed by atoms with Gasteiger partial charge < -0.3 is 15.8 Å². The van der Waals surface area contributed by atoms with Crippen molar-refractivity contribution in [2.24, 2.45) is 0 Å². The number of carbonyl (C=O) groups is 1. The van der Waals surface area contributed by atoms with Gasteiger partial charge in [-0.2, -0.15) is 0 Å². The van der Waals surface area contributed by atoms with E-state index >= 15 is 0 Å². The highest BCUT2D eigenvalue weighted by atomic mass is 32.1. The van der Waals surface area contributed by atoms with Gasteiger partial charge in [0.25, 0.3) is 5.91 Å². The van der Waals surface area contributed by atoms with Crippen molar-refractivity contribution in [2.45, 2.75) is 26.8 Å². The third-order valence-corrected chi connectivity index (χ3v) is 3.95. The lowest BCUT2D eigenvalue weighted by atomic mass is 10.1. The molecule has 0 spiro atoms. The zero-order chi connectivity index (χ0) is 15.4. The molecular formula is C15H19N3O2S. The SMILES string of the molecule is CCOc1cc(N)cc(C(=O)NC(C)c2ncc(C)s2)c1. The molecule has 0 aliphatic carbocycles. The molecule has 6 heteroatoms. The number of ether oxygens (including phenoxy) is 1. The van der Waals surface area contributed by atoms with Crippen molar-refractivity contribution in [1.29, 1.82) is 0 Å². The van der Waals surface area contributed by atoms with Crippen molar-refractivity contribution < 1.29 is 9.53 Å². The van der Waals surface area contributed by atoms with Gasteiger partial charge in [-0.3, -0.25) is 4.79 Å². The van der Waals surface area contributed by atoms with Crippen LogP contribution < -0.4 is 15.8 Å². The van der Waals surface area contributed by atoms with Gasteiger partial charge in [0.05, 0.1) is 12.6 Å². The monoisotopic (exact) mass is 305 g/mol. The second-order valence-corrected chi connectivity index (χ2v) is 5.99. The summed E-state index contributed by atoms with van der Waals surface area (Å²) in [5.41, 5.74) is 6.79. The number of nitrogens with two attached hydrogens (primary N) is 1. The third-order valence-electron chi connectivity index (χ3n) is 2.86. The van der Waals surface area contributed by atoms with Crippen LogP contribution in [-0.2, 0) is 0 Å². The lowest BCUT2D eigenvalue weighted by Gasteiger charge is -2.13. The standard InChI is InChI=1S/C15H19N3O2S/c1-4-20-13-6-11(5-12(16)7-13)14(19)18-10(3)15-17-8-9(2)21-15/h5-8,10H,4,16H2,1-3H3,(H,18,19). The minimum atomic E-state index is -0.191. The normalized spacial score (nSPS) is 12.0. The molecule has 5 nitrogen and oxygen atoms in total. The van der Waals surface area contributed by atoms with E-state index in [2.05, 4.69) is 10.3 Å². The number of hydrogen-bond donors (Lipinski definition) is 2. The summed E-state index contributed by atoms with van der Waals surface area (Å²) >= 11 is 1.57. The number of carbonyl (C=O) groups excluding carboxylic acids is 1. The molecule has 0 saturated carbocycles. The van der Waals surface area contributed by atoms with Crippen LogP contribution in [0, 0.1) is 6.92 Å². The van der Waals surface area contributed by atoms with Crippen molar-refractivity contribution in [3.8, 4) is 5.75 Å². The Labute approximate surface area is 128 Å². The van der Waals surface area contributed by atoms with Gasteiger partial charge in [-0.15, -0.1) is 11.3 Å². The van der Waals surface area contributed by atoms with Crippen molar-refractivity contribution >= 4 is 22.9 Å². The fourth-order valence-corrected chi connectivity index (χ4v) is 2.69. The number of hydrogen-bond acceptors (Lipinski definition) is 5. The molecule has 1 aromatic carbocycles. The topological polar surface area (TPSA) is 77.2 Å². The first-order valence-corrected chi connectivity index (χ1v) is 7.57. The van der Waals surface area contributed by atoms with E-state index in [-0.39, 0.29) is 11.9 Å². The lowest BCUT2D eigenvalue weighted by molar-refractivity contribution is 0.0939. The molecule has 112 valence electrons. The largest absolute Gasteiger partial charge is 0.494 e. The maximum Gasteiger partial charge on any atom is 0.252 e. The Morgan fingerprint density at radius 1 is 1.48 bits per heavy atom. The molecule has 0 aliphatic heterocycles. The number of benzene rings is 1. The Hall–Kier alpha value is -2.08. The quantitative estimate of drug-likeness (QED) is 0.833. The highest BCUT2D eigenvalue weighted by molar-refractivity contribution is 7.11. The van der Waals surface area contributed by atoms with Crippen LogP contribution in [0.4, 0.5) is 5.69 Å². The Bertz CT molecular complexity index is 640. The van der Waals surface area contributed by atoms with Crippen LogP contribution in [0.1, 0.15) is 40.1 Å². The molecule has 0 fully saturated rings. The summed E-state index contributed by atoms with van der Waals surface area (Å²) in [6.07, 6.45) is 1.80. The van der Waals surface area contributed by atoms with Crippen molar-refractivity contribution in [3.05, 3.63) is 39.8 Å². The number of aryl methyl sites for hydroxylation is 1. The van der Waals surface area contributed by atoms with Crippen molar-refractivity contribution in [1.82, 2.24) is 10.3 Å². The number of aromatic nitrogens is 1. The zero-order valence-electron chi connectivity index (χ0n) is 12.3. The van der Waals surface area contributed by atoms with Crippen molar-refractivity contribution in [3.63, 3.8) is 0 Å². The maximum atomic E-state index is 12.3. The maximum absolute atomic E-state index is 12.3. The Kier molecular flexibility index (Phi) is 4.80. The number of rotatable bonds is 5. The summed E-state index contributed by atoms with van der Waals surface area (Å²) in [7, 11) is 0. The molecule has 1 heterocycles. The second-order valence-electron chi connectivity index (χ2n) is 4.73. The van der Waals surface area contributed by atoms with Crippen LogP contribution in [0.3, 0.4) is 0 Å². The lowest BCUT2D eigenvalue weighted by Crippen LogP contribution is -2.26. The van der Waals surface area contributed by atoms with E-state index in [0.717, 1.165) is 9.88 Å². The summed E-state index contributed by atoms with van der Waals surface area (Å²) < 4.78 is 5.40. The molecule has 1 atom stereocenters. The molecule has 1 unspecified atom stereocenters. The third kappa shape index (κ3) is 3.95. The molecule has 0 aliphatic rings. The predicted molar refractivity (Wildman–Crippen MR) is 84.8 cm³/mol. The first-order chi connectivity index (χ1) is 9.99. The second kappa shape index (κ2) is 6.58. The molecule has 3 N–H and O–H groups in total. The molecule has 0 bridgehead atoms. The van der Waals surface area contributed by atoms with Gasteiger partial charge in [-0.05, 0) is 32.9 Å². The molecule has 0 radical (unpaired) electrons. The Morgan fingerprint density at radius 2 is 2.24 bits per heavy atom. The van der Waals surface area contributed by atoms with E-state index in [9.17, 15) is 4.79 Å². The van der Waals surface area contributed by atoms with Crippen LogP contribution in [0.25, 0.3) is 0 Å². The van der Waals surface area contributed by atoms with Gasteiger partial charge in [0.1, 0.15) is 10.8 Å². The number of anilines is 1. The van der Waals surface area contributed by atoms with E-state index < -0.39 is 0 Å². The first-order valence-electron chi connectivity index (χ1n) is 6.76. The molecule has 1 amide bonds. The van der Waals surface area contributed by atoms with Crippen LogP contribution in [0.2, 0.25) is 0 Å². The molecular weight excluding hydrogens is 286 g/mol. The van der Waals surface area contributed by atoms with Gasteiger partial charge in [0.15, 0.2) is 0 Å². The van der Waals surface area contributed by atoms with Crippen LogP contribution in [0.15, 0.2) is 24.4 Å². The van der Waals surface area contributed by atoms with Gasteiger partial charge >= 0.3 is 0 Å². The number of nitrogens with zero attached hydrogens (tertiary/aromatic N) is 1. The Morgan fingerprint density at radius 3 is 2.86 bits per heavy atom. The van der Waals surface area contributed by atoms with Crippen LogP contribution in [0.5, 0.6) is 5.75 Å². The zero-order valence-corrected chi connectivity index (χ0v) is 13.2. The first kappa shape index (κ1) is 15.3. The average Bonchev–Trinajstić information content (AvgIpc) is 2.85. The smallest absolute Gasteiger partial charge is 0.252 e.